The fourth-order valence-electron chi connectivity index (χ4n) is 1.97. The van der Waals surface area contributed by atoms with Gasteiger partial charge in [-0.2, -0.15) is 0 Å². The number of aromatic nitrogens is 1. The molecule has 0 aliphatic carbocycles. The standard InChI is InChI=1S/C14H21N3S/c1-4-17(5-2)9-8-15-14-16-12-7-6-11(3)10-13(12)18-14/h6-7,10H,4-5,8-9H2,1-3H3,(H,15,16). The van der Waals surface area contributed by atoms with Gasteiger partial charge in [0, 0.05) is 13.1 Å². The van der Waals surface area contributed by atoms with Crippen LogP contribution >= 0.6 is 11.3 Å². The Balaban J connectivity index is 1.95. The lowest BCUT2D eigenvalue weighted by Gasteiger charge is -2.17. The van der Waals surface area contributed by atoms with E-state index in [2.05, 4.69) is 54.2 Å². The fourth-order valence-corrected chi connectivity index (χ4v) is 2.96. The Morgan fingerprint density at radius 2 is 2.06 bits per heavy atom. The number of hydrogen-bond donors (Lipinski definition) is 1. The number of thiazole rings is 1. The van der Waals surface area contributed by atoms with Crippen molar-refractivity contribution < 1.29 is 0 Å². The van der Waals surface area contributed by atoms with E-state index in [4.69, 9.17) is 0 Å². The van der Waals surface area contributed by atoms with Crippen LogP contribution in [0.2, 0.25) is 0 Å². The van der Waals surface area contributed by atoms with Crippen LogP contribution in [0.5, 0.6) is 0 Å². The zero-order chi connectivity index (χ0) is 13.0. The van der Waals surface area contributed by atoms with Gasteiger partial charge in [0.05, 0.1) is 10.2 Å². The minimum atomic E-state index is 0.959. The molecular weight excluding hydrogens is 242 g/mol. The highest BCUT2D eigenvalue weighted by molar-refractivity contribution is 7.22. The molecule has 0 unspecified atom stereocenters. The molecule has 0 radical (unpaired) electrons. The van der Waals surface area contributed by atoms with Gasteiger partial charge < -0.3 is 10.2 Å². The van der Waals surface area contributed by atoms with Gasteiger partial charge in [-0.15, -0.1) is 0 Å². The van der Waals surface area contributed by atoms with Crippen LogP contribution in [-0.2, 0) is 0 Å². The smallest absolute Gasteiger partial charge is 0.183 e. The van der Waals surface area contributed by atoms with Crippen molar-refractivity contribution in [1.29, 1.82) is 0 Å². The van der Waals surface area contributed by atoms with Gasteiger partial charge in [0.15, 0.2) is 5.13 Å². The Morgan fingerprint density at radius 1 is 1.28 bits per heavy atom. The summed E-state index contributed by atoms with van der Waals surface area (Å²) in [6, 6.07) is 6.40. The average Bonchev–Trinajstić information content (AvgIpc) is 2.76. The summed E-state index contributed by atoms with van der Waals surface area (Å²) in [6.45, 7) is 10.8. The molecule has 2 rings (SSSR count). The zero-order valence-corrected chi connectivity index (χ0v) is 12.2. The van der Waals surface area contributed by atoms with Gasteiger partial charge in [0.1, 0.15) is 0 Å². The lowest BCUT2D eigenvalue weighted by Crippen LogP contribution is -2.28. The summed E-state index contributed by atoms with van der Waals surface area (Å²) < 4.78 is 1.26. The highest BCUT2D eigenvalue weighted by Crippen LogP contribution is 2.26. The van der Waals surface area contributed by atoms with Gasteiger partial charge >= 0.3 is 0 Å². The van der Waals surface area contributed by atoms with Gasteiger partial charge in [-0.1, -0.05) is 31.3 Å². The van der Waals surface area contributed by atoms with Gasteiger partial charge in [-0.05, 0) is 37.7 Å². The van der Waals surface area contributed by atoms with Crippen LogP contribution in [0.1, 0.15) is 19.4 Å². The molecule has 1 aromatic heterocycles. The molecule has 0 fully saturated rings. The molecule has 1 N–H and O–H groups in total. The van der Waals surface area contributed by atoms with E-state index in [9.17, 15) is 0 Å². The van der Waals surface area contributed by atoms with Crippen molar-refractivity contribution in [3.8, 4) is 0 Å². The molecule has 98 valence electrons. The first-order valence-corrected chi connectivity index (χ1v) is 7.38. The Kier molecular flexibility index (Phi) is 4.55. The van der Waals surface area contributed by atoms with E-state index >= 15 is 0 Å². The molecule has 0 spiro atoms. The SMILES string of the molecule is CCN(CC)CCNc1nc2ccc(C)cc2s1. The molecule has 4 heteroatoms. The van der Waals surface area contributed by atoms with Gasteiger partial charge in [0.25, 0.3) is 0 Å². The molecule has 1 aromatic carbocycles. The first-order chi connectivity index (χ1) is 8.72. The summed E-state index contributed by atoms with van der Waals surface area (Å²) >= 11 is 1.74. The number of nitrogens with zero attached hydrogens (tertiary/aromatic N) is 2. The summed E-state index contributed by atoms with van der Waals surface area (Å²) in [6.07, 6.45) is 0. The third-order valence-corrected chi connectivity index (χ3v) is 4.12. The maximum Gasteiger partial charge on any atom is 0.183 e. The van der Waals surface area contributed by atoms with E-state index in [1.165, 1.54) is 10.3 Å². The van der Waals surface area contributed by atoms with Crippen LogP contribution < -0.4 is 5.32 Å². The number of aryl methyl sites for hydroxylation is 1. The van der Waals surface area contributed by atoms with E-state index in [0.717, 1.165) is 36.8 Å². The van der Waals surface area contributed by atoms with E-state index in [1.807, 2.05) is 0 Å². The van der Waals surface area contributed by atoms with E-state index in [1.54, 1.807) is 11.3 Å². The van der Waals surface area contributed by atoms with Crippen LogP contribution in [0.3, 0.4) is 0 Å². The third kappa shape index (κ3) is 3.21. The van der Waals surface area contributed by atoms with Crippen molar-refractivity contribution in [2.45, 2.75) is 20.8 Å². The maximum atomic E-state index is 4.59. The van der Waals surface area contributed by atoms with Crippen LogP contribution in [0.25, 0.3) is 10.2 Å². The number of benzene rings is 1. The van der Waals surface area contributed by atoms with Gasteiger partial charge in [0.2, 0.25) is 0 Å². The van der Waals surface area contributed by atoms with Crippen molar-refractivity contribution in [2.75, 3.05) is 31.5 Å². The highest BCUT2D eigenvalue weighted by atomic mass is 32.1. The largest absolute Gasteiger partial charge is 0.360 e. The van der Waals surface area contributed by atoms with Crippen molar-refractivity contribution in [2.24, 2.45) is 0 Å². The maximum absolute atomic E-state index is 4.59. The molecule has 0 aliphatic heterocycles. The number of rotatable bonds is 6. The molecule has 18 heavy (non-hydrogen) atoms. The number of hydrogen-bond acceptors (Lipinski definition) is 4. The van der Waals surface area contributed by atoms with Crippen molar-refractivity contribution in [3.63, 3.8) is 0 Å². The lowest BCUT2D eigenvalue weighted by atomic mass is 10.2. The highest BCUT2D eigenvalue weighted by Gasteiger charge is 2.04. The summed E-state index contributed by atoms with van der Waals surface area (Å²) in [5.41, 5.74) is 2.39. The minimum absolute atomic E-state index is 0.959. The molecular formula is C14H21N3S. The minimum Gasteiger partial charge on any atom is -0.360 e. The Morgan fingerprint density at radius 3 is 2.78 bits per heavy atom. The van der Waals surface area contributed by atoms with E-state index < -0.39 is 0 Å². The zero-order valence-electron chi connectivity index (χ0n) is 11.4. The number of anilines is 1. The average molecular weight is 263 g/mol. The molecule has 0 saturated heterocycles. The topological polar surface area (TPSA) is 28.2 Å². The summed E-state index contributed by atoms with van der Waals surface area (Å²) in [5, 5.41) is 4.45. The molecule has 3 nitrogen and oxygen atoms in total. The monoisotopic (exact) mass is 263 g/mol. The normalized spacial score (nSPS) is 11.3. The molecule has 2 aromatic rings. The van der Waals surface area contributed by atoms with Crippen molar-refractivity contribution >= 4 is 26.7 Å². The molecule has 0 amide bonds. The Hall–Kier alpha value is -1.13. The summed E-state index contributed by atoms with van der Waals surface area (Å²) in [5.74, 6) is 0. The van der Waals surface area contributed by atoms with Gasteiger partial charge in [-0.3, -0.25) is 0 Å². The van der Waals surface area contributed by atoms with Crippen LogP contribution in [0.15, 0.2) is 18.2 Å². The lowest BCUT2D eigenvalue weighted by molar-refractivity contribution is 0.316. The molecule has 0 saturated carbocycles. The number of fused-ring (bicyclic) bond motifs is 1. The van der Waals surface area contributed by atoms with Crippen LogP contribution in [0, 0.1) is 6.92 Å². The molecule has 0 bridgehead atoms. The van der Waals surface area contributed by atoms with E-state index in [-0.39, 0.29) is 0 Å². The van der Waals surface area contributed by atoms with Crippen LogP contribution in [0.4, 0.5) is 5.13 Å². The fraction of sp³-hybridized carbons (Fsp3) is 0.500. The second-order valence-electron chi connectivity index (χ2n) is 4.44. The number of likely N-dealkylation sites (N-methyl/N-ethyl adjacent to an activating group) is 1. The number of nitrogens with one attached hydrogen (secondary N) is 1. The predicted molar refractivity (Wildman–Crippen MR) is 80.6 cm³/mol. The second kappa shape index (κ2) is 6.16. The summed E-state index contributed by atoms with van der Waals surface area (Å²) in [4.78, 5) is 7.00. The van der Waals surface area contributed by atoms with Crippen molar-refractivity contribution in [1.82, 2.24) is 9.88 Å². The Bertz CT molecular complexity index is 503. The van der Waals surface area contributed by atoms with Crippen molar-refractivity contribution in [3.05, 3.63) is 23.8 Å². The first kappa shape index (κ1) is 13.3. The molecule has 1 heterocycles. The van der Waals surface area contributed by atoms with Gasteiger partial charge in [-0.25, -0.2) is 4.98 Å². The van der Waals surface area contributed by atoms with Crippen LogP contribution in [-0.4, -0.2) is 36.1 Å². The molecule has 0 atom stereocenters. The Labute approximate surface area is 113 Å². The third-order valence-electron chi connectivity index (χ3n) is 3.14. The molecule has 0 aliphatic rings. The summed E-state index contributed by atoms with van der Waals surface area (Å²) in [7, 11) is 0. The predicted octanol–water partition coefficient (Wildman–Crippen LogP) is 3.36. The second-order valence-corrected chi connectivity index (χ2v) is 5.47. The van der Waals surface area contributed by atoms with E-state index in [0.29, 0.717) is 0 Å². The first-order valence-electron chi connectivity index (χ1n) is 6.56. The quantitative estimate of drug-likeness (QED) is 0.866.